The van der Waals surface area contributed by atoms with E-state index in [9.17, 15) is 19.2 Å². The van der Waals surface area contributed by atoms with Crippen LogP contribution < -0.4 is 26.2 Å². The number of hydrogen-bond acceptors (Lipinski definition) is 8. The number of halogens is 4. The fourth-order valence-electron chi connectivity index (χ4n) is 8.63. The van der Waals surface area contributed by atoms with E-state index in [2.05, 4.69) is 34.9 Å². The smallest absolute Gasteiger partial charge is 0.338 e. The molecule has 75 heavy (non-hydrogen) atoms. The fraction of sp³-hybridized carbons (Fsp3) is 0.492. The molecule has 1 heterocycles. The topological polar surface area (TPSA) is 144 Å². The van der Waals surface area contributed by atoms with Gasteiger partial charge in [0.25, 0.3) is 11.5 Å². The van der Waals surface area contributed by atoms with Crippen LogP contribution >= 0.6 is 58.2 Å². The molecule has 408 valence electrons. The van der Waals surface area contributed by atoms with Crippen molar-refractivity contribution in [3.8, 4) is 11.4 Å². The molecule has 4 aromatic carbocycles. The molecule has 0 saturated heterocycles. The maximum absolute atomic E-state index is 14.6. The molecule has 0 fully saturated rings. The number of carbonyl (C=O) groups excluding carboxylic acids is 3. The quantitative estimate of drug-likeness (QED) is 0.0232. The Morgan fingerprint density at radius 1 is 0.640 bits per heavy atom. The molecule has 1 unspecified atom stereocenters. The third kappa shape index (κ3) is 20.7. The predicted octanol–water partition coefficient (Wildman–Crippen LogP) is 18.4. The van der Waals surface area contributed by atoms with Crippen molar-refractivity contribution in [1.82, 2.24) is 9.78 Å². The third-order valence-corrected chi connectivity index (χ3v) is 15.2. The monoisotopic (exact) mass is 1120 g/mol. The molecule has 5 rings (SSSR count). The zero-order valence-corrected chi connectivity index (χ0v) is 48.1. The summed E-state index contributed by atoms with van der Waals surface area (Å²) >= 11 is 27.4. The van der Waals surface area contributed by atoms with Crippen molar-refractivity contribution >= 4 is 98.8 Å². The van der Waals surface area contributed by atoms with Crippen LogP contribution in [0.15, 0.2) is 93.4 Å². The number of esters is 1. The van der Waals surface area contributed by atoms with E-state index >= 15 is 0 Å². The van der Waals surface area contributed by atoms with Crippen LogP contribution in [0.4, 0.5) is 22.9 Å². The Hall–Kier alpha value is -4.59. The Morgan fingerprint density at radius 2 is 1.20 bits per heavy atom. The van der Waals surface area contributed by atoms with E-state index in [0.29, 0.717) is 51.3 Å². The number of hydrogen-bond donors (Lipinski definition) is 4. The first-order valence-corrected chi connectivity index (χ1v) is 29.5. The summed E-state index contributed by atoms with van der Waals surface area (Å²) in [4.78, 5) is 55.3. The number of ether oxygens (including phenoxy) is 2. The molecule has 16 heteroatoms. The van der Waals surface area contributed by atoms with Crippen molar-refractivity contribution in [3.05, 3.63) is 115 Å². The number of aromatic amines is 1. The number of rotatable bonds is 35. The van der Waals surface area contributed by atoms with Crippen LogP contribution in [0.25, 0.3) is 5.69 Å². The molecule has 0 aliphatic carbocycles. The second-order valence-electron chi connectivity index (χ2n) is 19.5. The van der Waals surface area contributed by atoms with Gasteiger partial charge in [-0.2, -0.15) is 0 Å². The van der Waals surface area contributed by atoms with E-state index in [1.165, 1.54) is 113 Å². The highest BCUT2D eigenvalue weighted by Gasteiger charge is 2.27. The van der Waals surface area contributed by atoms with Gasteiger partial charge in [-0.1, -0.05) is 220 Å². The largest absolute Gasteiger partial charge is 0.480 e. The van der Waals surface area contributed by atoms with Gasteiger partial charge in [0, 0.05) is 22.0 Å². The molecule has 5 aromatic rings. The van der Waals surface area contributed by atoms with Gasteiger partial charge in [-0.3, -0.25) is 19.5 Å². The SMILES string of the molecule is CCCCCCCCCCCCCC(=O)Nc1ccc(Cl)c(Nc2[nH]n(-c3c(Cl)cc(Cl)cc3Cl)c(=O)c2Sc2ccccc2NC(=O)C(Oc2ccc(C(=O)OCCCCCCCCCCCC)cc2)C(C)C)c1. The molecule has 0 aliphatic rings. The van der Waals surface area contributed by atoms with Gasteiger partial charge in [-0.05, 0) is 85.5 Å². The first kappa shape index (κ1) is 61.3. The molecule has 0 radical (unpaired) electrons. The molecule has 1 atom stereocenters. The first-order chi connectivity index (χ1) is 36.3. The van der Waals surface area contributed by atoms with E-state index in [1.54, 1.807) is 66.7 Å². The van der Waals surface area contributed by atoms with E-state index in [1.807, 2.05) is 13.8 Å². The second-order valence-corrected chi connectivity index (χ2v) is 22.3. The molecular formula is C59H77Cl4N5O6S. The number of amides is 2. The summed E-state index contributed by atoms with van der Waals surface area (Å²) in [7, 11) is 0. The van der Waals surface area contributed by atoms with Gasteiger partial charge in [0.2, 0.25) is 5.91 Å². The highest BCUT2D eigenvalue weighted by atomic mass is 35.5. The van der Waals surface area contributed by atoms with Crippen LogP contribution in [0.2, 0.25) is 20.1 Å². The second kappa shape index (κ2) is 33.5. The van der Waals surface area contributed by atoms with Crippen LogP contribution in [-0.4, -0.2) is 40.3 Å². The first-order valence-electron chi connectivity index (χ1n) is 27.2. The lowest BCUT2D eigenvalue weighted by Crippen LogP contribution is -2.37. The number of anilines is 4. The molecule has 11 nitrogen and oxygen atoms in total. The molecule has 0 spiro atoms. The summed E-state index contributed by atoms with van der Waals surface area (Å²) in [6, 6.07) is 21.7. The standard InChI is InChI=1S/C59H77Cl4N5O6S/c1-5-7-9-11-13-15-17-18-20-22-24-30-52(69)64-44-33-36-46(61)50(40-44)65-56-55(58(71)68(67-56)53-47(62)38-43(60)39-48(53)63)75-51-29-26-25-28-49(51)66-57(70)54(41(3)4)74-45-34-31-42(32-35-45)59(72)73-37-27-23-21-19-16-14-12-10-8-6-2/h25-26,28-29,31-36,38-41,54,65,67H,5-24,27,30,37H2,1-4H3,(H,64,69)(H,66,70). The Labute approximate surface area is 469 Å². The van der Waals surface area contributed by atoms with Crippen LogP contribution in [0.3, 0.4) is 0 Å². The summed E-state index contributed by atoms with van der Waals surface area (Å²) in [5.41, 5.74) is 1.40. The van der Waals surface area contributed by atoms with Crippen molar-refractivity contribution in [2.24, 2.45) is 5.92 Å². The molecular weight excluding hydrogens is 1050 g/mol. The molecule has 0 saturated carbocycles. The Balaban J connectivity index is 1.24. The number of nitrogens with zero attached hydrogens (tertiary/aromatic N) is 1. The maximum atomic E-state index is 14.6. The summed E-state index contributed by atoms with van der Waals surface area (Å²) in [5, 5.41) is 13.3. The van der Waals surface area contributed by atoms with Gasteiger partial charge >= 0.3 is 5.97 Å². The average Bonchev–Trinajstić information content (AvgIpc) is 3.67. The van der Waals surface area contributed by atoms with Gasteiger partial charge in [0.05, 0.1) is 38.6 Å². The van der Waals surface area contributed by atoms with Crippen LogP contribution in [0, 0.1) is 5.92 Å². The maximum Gasteiger partial charge on any atom is 0.338 e. The molecule has 0 aliphatic heterocycles. The minimum atomic E-state index is -0.928. The van der Waals surface area contributed by atoms with Gasteiger partial charge in [-0.15, -0.1) is 0 Å². The van der Waals surface area contributed by atoms with E-state index < -0.39 is 23.5 Å². The number of benzene rings is 4. The zero-order chi connectivity index (χ0) is 54.0. The molecule has 4 N–H and O–H groups in total. The Morgan fingerprint density at radius 3 is 1.79 bits per heavy atom. The lowest BCUT2D eigenvalue weighted by Gasteiger charge is -2.22. The van der Waals surface area contributed by atoms with Crippen LogP contribution in [-0.2, 0) is 14.3 Å². The minimum Gasteiger partial charge on any atom is -0.480 e. The van der Waals surface area contributed by atoms with E-state index in [0.717, 1.165) is 50.3 Å². The average molecular weight is 1130 g/mol. The van der Waals surface area contributed by atoms with Crippen molar-refractivity contribution in [2.45, 2.75) is 185 Å². The van der Waals surface area contributed by atoms with Gasteiger partial charge in [-0.25, -0.2) is 9.48 Å². The highest BCUT2D eigenvalue weighted by molar-refractivity contribution is 7.99. The lowest BCUT2D eigenvalue weighted by molar-refractivity contribution is -0.124. The predicted molar refractivity (Wildman–Crippen MR) is 313 cm³/mol. The number of para-hydroxylation sites is 1. The summed E-state index contributed by atoms with van der Waals surface area (Å²) < 4.78 is 13.0. The van der Waals surface area contributed by atoms with Crippen molar-refractivity contribution in [2.75, 3.05) is 22.6 Å². The normalized spacial score (nSPS) is 11.7. The minimum absolute atomic E-state index is 0.101. The Kier molecular flexibility index (Phi) is 27.4. The number of unbranched alkanes of at least 4 members (excludes halogenated alkanes) is 19. The number of carbonyl (C=O) groups is 3. The summed E-state index contributed by atoms with van der Waals surface area (Å²) in [6.45, 7) is 8.59. The zero-order valence-electron chi connectivity index (χ0n) is 44.2. The van der Waals surface area contributed by atoms with Gasteiger partial charge in [0.1, 0.15) is 22.2 Å². The summed E-state index contributed by atoms with van der Waals surface area (Å²) in [6.07, 6.45) is 24.6. The van der Waals surface area contributed by atoms with E-state index in [-0.39, 0.29) is 43.3 Å². The van der Waals surface area contributed by atoms with Crippen molar-refractivity contribution in [3.63, 3.8) is 0 Å². The summed E-state index contributed by atoms with van der Waals surface area (Å²) in [5.74, 6) is -0.539. The molecule has 1 aromatic heterocycles. The van der Waals surface area contributed by atoms with E-state index in [4.69, 9.17) is 55.9 Å². The lowest BCUT2D eigenvalue weighted by atomic mass is 10.1. The number of aromatic nitrogens is 2. The van der Waals surface area contributed by atoms with Crippen molar-refractivity contribution in [1.29, 1.82) is 0 Å². The Bertz CT molecular complexity index is 2600. The fourth-order valence-corrected chi connectivity index (χ4v) is 10.8. The van der Waals surface area contributed by atoms with Gasteiger partial charge in [0.15, 0.2) is 6.10 Å². The molecule has 0 bridgehead atoms. The molecule has 2 amide bonds. The van der Waals surface area contributed by atoms with Crippen LogP contribution in [0.1, 0.15) is 179 Å². The highest BCUT2D eigenvalue weighted by Crippen LogP contribution is 2.40. The van der Waals surface area contributed by atoms with Crippen molar-refractivity contribution < 1.29 is 23.9 Å². The number of nitrogens with one attached hydrogen (secondary N) is 4. The number of H-pyrrole nitrogens is 1. The van der Waals surface area contributed by atoms with Crippen LogP contribution in [0.5, 0.6) is 5.75 Å². The third-order valence-electron chi connectivity index (χ3n) is 12.9. The van der Waals surface area contributed by atoms with Gasteiger partial charge < -0.3 is 25.4 Å².